The first-order valence-electron chi connectivity index (χ1n) is 6.79. The van der Waals surface area contributed by atoms with Crippen molar-refractivity contribution in [2.75, 3.05) is 10.6 Å². The van der Waals surface area contributed by atoms with Crippen LogP contribution in [0, 0.1) is 5.92 Å². The number of hydrogen-bond acceptors (Lipinski definition) is 3. The quantitative estimate of drug-likeness (QED) is 0.905. The van der Waals surface area contributed by atoms with Crippen LogP contribution in [0.1, 0.15) is 24.3 Å². The molecule has 2 rings (SSSR count). The summed E-state index contributed by atoms with van der Waals surface area (Å²) in [6.45, 7) is 3.62. The van der Waals surface area contributed by atoms with Crippen molar-refractivity contribution in [2.24, 2.45) is 5.92 Å². The molecule has 6 heteroatoms. The van der Waals surface area contributed by atoms with Crippen molar-refractivity contribution >= 4 is 34.8 Å². The summed E-state index contributed by atoms with van der Waals surface area (Å²) in [6, 6.07) is 10.0. The number of pyridine rings is 1. The van der Waals surface area contributed by atoms with Crippen LogP contribution in [0.5, 0.6) is 0 Å². The Kier molecular flexibility index (Phi) is 5.12. The van der Waals surface area contributed by atoms with Gasteiger partial charge in [0.25, 0.3) is 5.91 Å². The number of nitrogens with one attached hydrogen (secondary N) is 2. The fraction of sp³-hybridized carbons (Fsp3) is 0.188. The fourth-order valence-corrected chi connectivity index (χ4v) is 1.85. The van der Waals surface area contributed by atoms with Gasteiger partial charge in [-0.1, -0.05) is 31.5 Å². The van der Waals surface area contributed by atoms with Gasteiger partial charge < -0.3 is 10.6 Å². The molecule has 0 bridgehead atoms. The van der Waals surface area contributed by atoms with Crippen molar-refractivity contribution in [3.8, 4) is 0 Å². The maximum absolute atomic E-state index is 12.1. The number of carbonyl (C=O) groups is 2. The maximum Gasteiger partial charge on any atom is 0.274 e. The average molecular weight is 318 g/mol. The molecule has 0 atom stereocenters. The van der Waals surface area contributed by atoms with Crippen molar-refractivity contribution in [1.82, 2.24) is 4.98 Å². The summed E-state index contributed by atoms with van der Waals surface area (Å²) in [5, 5.41) is 5.94. The summed E-state index contributed by atoms with van der Waals surface area (Å²) in [4.78, 5) is 27.7. The zero-order valence-electron chi connectivity index (χ0n) is 12.3. The maximum atomic E-state index is 12.1. The molecule has 22 heavy (non-hydrogen) atoms. The van der Waals surface area contributed by atoms with Crippen molar-refractivity contribution < 1.29 is 9.59 Å². The van der Waals surface area contributed by atoms with Gasteiger partial charge in [0, 0.05) is 28.5 Å². The number of nitrogens with zero attached hydrogens (tertiary/aromatic N) is 1. The second-order valence-electron chi connectivity index (χ2n) is 5.04. The first-order chi connectivity index (χ1) is 10.5. The Morgan fingerprint density at radius 1 is 1.09 bits per heavy atom. The highest BCUT2D eigenvalue weighted by Crippen LogP contribution is 2.17. The van der Waals surface area contributed by atoms with E-state index in [1.165, 1.54) is 12.3 Å². The summed E-state index contributed by atoms with van der Waals surface area (Å²) in [5.74, 6) is -0.566. The van der Waals surface area contributed by atoms with E-state index in [-0.39, 0.29) is 23.4 Å². The lowest BCUT2D eigenvalue weighted by Gasteiger charge is -2.10. The Bertz CT molecular complexity index is 701. The molecule has 0 aliphatic carbocycles. The zero-order valence-corrected chi connectivity index (χ0v) is 13.0. The number of amides is 2. The van der Waals surface area contributed by atoms with Crippen molar-refractivity contribution in [2.45, 2.75) is 13.8 Å². The van der Waals surface area contributed by atoms with Crippen LogP contribution in [0.4, 0.5) is 11.4 Å². The van der Waals surface area contributed by atoms with Gasteiger partial charge >= 0.3 is 0 Å². The second kappa shape index (κ2) is 7.04. The highest BCUT2D eigenvalue weighted by Gasteiger charge is 2.10. The molecule has 2 aromatic rings. The number of halogens is 1. The van der Waals surface area contributed by atoms with Crippen LogP contribution in [0.25, 0.3) is 0 Å². The predicted molar refractivity (Wildman–Crippen MR) is 87.1 cm³/mol. The lowest BCUT2D eigenvalue weighted by atomic mass is 10.2. The molecule has 0 spiro atoms. The Morgan fingerprint density at radius 3 is 2.41 bits per heavy atom. The minimum Gasteiger partial charge on any atom is -0.326 e. The van der Waals surface area contributed by atoms with E-state index < -0.39 is 0 Å². The van der Waals surface area contributed by atoms with Gasteiger partial charge in [0.05, 0.1) is 0 Å². The largest absolute Gasteiger partial charge is 0.326 e. The number of rotatable bonds is 4. The number of anilines is 2. The Morgan fingerprint density at radius 2 is 1.77 bits per heavy atom. The molecule has 2 amide bonds. The average Bonchev–Trinajstić information content (AvgIpc) is 2.47. The normalized spacial score (nSPS) is 10.4. The van der Waals surface area contributed by atoms with E-state index in [4.69, 9.17) is 11.6 Å². The molecule has 0 aliphatic rings. The van der Waals surface area contributed by atoms with Gasteiger partial charge in [-0.15, -0.1) is 0 Å². The summed E-state index contributed by atoms with van der Waals surface area (Å²) < 4.78 is 0. The van der Waals surface area contributed by atoms with Crippen molar-refractivity contribution in [3.63, 3.8) is 0 Å². The molecule has 0 saturated heterocycles. The molecule has 1 aromatic carbocycles. The van der Waals surface area contributed by atoms with Crippen LogP contribution in [-0.2, 0) is 4.79 Å². The molecule has 0 fully saturated rings. The lowest BCUT2D eigenvalue weighted by molar-refractivity contribution is -0.118. The van der Waals surface area contributed by atoms with E-state index in [0.717, 1.165) is 0 Å². The SMILES string of the molecule is CC(C)C(=O)Nc1cccc(NC(=O)c2cc(Cl)ccn2)c1. The fourth-order valence-electron chi connectivity index (χ4n) is 1.69. The van der Waals surface area contributed by atoms with Crippen molar-refractivity contribution in [3.05, 3.63) is 53.3 Å². The third kappa shape index (κ3) is 4.30. The van der Waals surface area contributed by atoms with Crippen molar-refractivity contribution in [1.29, 1.82) is 0 Å². The monoisotopic (exact) mass is 317 g/mol. The molecule has 0 unspecified atom stereocenters. The Balaban J connectivity index is 2.10. The second-order valence-corrected chi connectivity index (χ2v) is 5.47. The first kappa shape index (κ1) is 16.0. The van der Waals surface area contributed by atoms with Crippen LogP contribution in [0.3, 0.4) is 0 Å². The van der Waals surface area contributed by atoms with Gasteiger partial charge in [-0.25, -0.2) is 0 Å². The molecule has 0 radical (unpaired) electrons. The molecule has 1 heterocycles. The molecule has 0 saturated carbocycles. The number of carbonyl (C=O) groups excluding carboxylic acids is 2. The molecule has 1 aromatic heterocycles. The van der Waals surface area contributed by atoms with Crippen LogP contribution in [-0.4, -0.2) is 16.8 Å². The standard InChI is InChI=1S/C16H16ClN3O2/c1-10(2)15(21)19-12-4-3-5-13(9-12)20-16(22)14-8-11(17)6-7-18-14/h3-10H,1-2H3,(H,19,21)(H,20,22). The molecular weight excluding hydrogens is 302 g/mol. The van der Waals surface area contributed by atoms with Gasteiger partial charge in [0.1, 0.15) is 5.69 Å². The summed E-state index contributed by atoms with van der Waals surface area (Å²) in [7, 11) is 0. The minimum atomic E-state index is -0.366. The van der Waals surface area contributed by atoms with Gasteiger partial charge in [-0.3, -0.25) is 14.6 Å². The predicted octanol–water partition coefficient (Wildman–Crippen LogP) is 3.58. The summed E-state index contributed by atoms with van der Waals surface area (Å²) in [5.41, 5.74) is 1.41. The van der Waals surface area contributed by atoms with Crippen LogP contribution in [0.15, 0.2) is 42.6 Å². The Hall–Kier alpha value is -2.40. The lowest BCUT2D eigenvalue weighted by Crippen LogP contribution is -2.18. The van der Waals surface area contributed by atoms with Gasteiger partial charge in [0.2, 0.25) is 5.91 Å². The minimum absolute atomic E-state index is 0.0833. The highest BCUT2D eigenvalue weighted by atomic mass is 35.5. The third-order valence-electron chi connectivity index (χ3n) is 2.87. The third-order valence-corrected chi connectivity index (χ3v) is 3.10. The molecule has 114 valence electrons. The smallest absolute Gasteiger partial charge is 0.274 e. The van der Waals surface area contributed by atoms with E-state index in [9.17, 15) is 9.59 Å². The van der Waals surface area contributed by atoms with E-state index in [0.29, 0.717) is 16.4 Å². The number of benzene rings is 1. The number of aromatic nitrogens is 1. The van der Waals surface area contributed by atoms with Gasteiger partial charge in [0.15, 0.2) is 0 Å². The molecule has 2 N–H and O–H groups in total. The van der Waals surface area contributed by atoms with Crippen LogP contribution < -0.4 is 10.6 Å². The van der Waals surface area contributed by atoms with Gasteiger partial charge in [-0.05, 0) is 30.3 Å². The number of hydrogen-bond donors (Lipinski definition) is 2. The molecule has 5 nitrogen and oxygen atoms in total. The summed E-state index contributed by atoms with van der Waals surface area (Å²) >= 11 is 5.84. The Labute approximate surface area is 133 Å². The van der Waals surface area contributed by atoms with Crippen LogP contribution >= 0.6 is 11.6 Å². The topological polar surface area (TPSA) is 71.1 Å². The first-order valence-corrected chi connectivity index (χ1v) is 7.17. The highest BCUT2D eigenvalue weighted by molar-refractivity contribution is 6.30. The molecule has 0 aliphatic heterocycles. The van der Waals surface area contributed by atoms with E-state index >= 15 is 0 Å². The van der Waals surface area contributed by atoms with Crippen LogP contribution in [0.2, 0.25) is 5.02 Å². The van der Waals surface area contributed by atoms with E-state index in [1.807, 2.05) is 13.8 Å². The van der Waals surface area contributed by atoms with Gasteiger partial charge in [-0.2, -0.15) is 0 Å². The van der Waals surface area contributed by atoms with E-state index in [1.54, 1.807) is 30.3 Å². The van der Waals surface area contributed by atoms with E-state index in [2.05, 4.69) is 15.6 Å². The molecular formula is C16H16ClN3O2. The zero-order chi connectivity index (χ0) is 16.1. The summed E-state index contributed by atoms with van der Waals surface area (Å²) in [6.07, 6.45) is 1.47.